The second-order valence-electron chi connectivity index (χ2n) is 8.77. The number of anilines is 1. The van der Waals surface area contributed by atoms with Crippen LogP contribution in [-0.2, 0) is 16.0 Å². The van der Waals surface area contributed by atoms with E-state index in [0.717, 1.165) is 70.5 Å². The van der Waals surface area contributed by atoms with E-state index in [9.17, 15) is 9.59 Å². The van der Waals surface area contributed by atoms with Crippen LogP contribution in [0.5, 0.6) is 0 Å². The summed E-state index contributed by atoms with van der Waals surface area (Å²) in [6, 6.07) is 8.36. The number of piperazine rings is 1. The second kappa shape index (κ2) is 10.6. The number of carbonyl (C=O) groups excluding carboxylic acids is 2. The molecule has 0 spiro atoms. The van der Waals surface area contributed by atoms with Gasteiger partial charge in [-0.3, -0.25) is 14.5 Å². The lowest BCUT2D eigenvalue weighted by molar-refractivity contribution is -0.135. The number of nitrogens with zero attached hydrogens (tertiary/aromatic N) is 2. The Morgan fingerprint density at radius 3 is 2.57 bits per heavy atom. The van der Waals surface area contributed by atoms with Crippen molar-refractivity contribution in [1.29, 1.82) is 0 Å². The van der Waals surface area contributed by atoms with Gasteiger partial charge in [0.05, 0.1) is 5.92 Å². The zero-order valence-electron chi connectivity index (χ0n) is 17.9. The van der Waals surface area contributed by atoms with E-state index < -0.39 is 0 Å². The number of para-hydroxylation sites is 1. The lowest BCUT2D eigenvalue weighted by atomic mass is 9.77. The lowest BCUT2D eigenvalue weighted by Crippen LogP contribution is -2.49. The van der Waals surface area contributed by atoms with Gasteiger partial charge in [0.1, 0.15) is 0 Å². The molecule has 0 radical (unpaired) electrons. The molecule has 0 bridgehead atoms. The standard InChI is InChI=1S/C23H34N4O2.ClH/c1-17-16-18-6-2-5-9-21(18)27(17)23(29)20-8-4-3-7-19(20)22(28)25-12-15-26-13-10-24-11-14-26;/h2,5-6,9,17,19-20,24H,3-4,7-8,10-16H2,1H3,(H,25,28);1H. The smallest absolute Gasteiger partial charge is 0.231 e. The van der Waals surface area contributed by atoms with Gasteiger partial charge in [-0.2, -0.15) is 0 Å². The third-order valence-electron chi connectivity index (χ3n) is 6.80. The van der Waals surface area contributed by atoms with Crippen LogP contribution >= 0.6 is 12.4 Å². The number of hydrogen-bond acceptors (Lipinski definition) is 4. The quantitative estimate of drug-likeness (QED) is 0.745. The number of nitrogens with one attached hydrogen (secondary N) is 2. The van der Waals surface area contributed by atoms with Gasteiger partial charge in [-0.15, -0.1) is 12.4 Å². The number of rotatable bonds is 5. The molecular formula is C23H35ClN4O2. The number of benzene rings is 1. The van der Waals surface area contributed by atoms with Crippen molar-refractivity contribution in [3.8, 4) is 0 Å². The van der Waals surface area contributed by atoms with Gasteiger partial charge < -0.3 is 15.5 Å². The molecule has 2 fully saturated rings. The van der Waals surface area contributed by atoms with Gasteiger partial charge in [-0.25, -0.2) is 0 Å². The van der Waals surface area contributed by atoms with Crippen LogP contribution in [0.1, 0.15) is 38.2 Å². The van der Waals surface area contributed by atoms with Crippen molar-refractivity contribution >= 4 is 29.9 Å². The van der Waals surface area contributed by atoms with Crippen molar-refractivity contribution in [1.82, 2.24) is 15.5 Å². The molecule has 1 saturated heterocycles. The minimum atomic E-state index is -0.198. The molecule has 0 aromatic heterocycles. The molecule has 3 unspecified atom stereocenters. The number of fused-ring (bicyclic) bond motifs is 1. The average Bonchev–Trinajstić information content (AvgIpc) is 3.09. The third-order valence-corrected chi connectivity index (χ3v) is 6.80. The molecule has 7 heteroatoms. The monoisotopic (exact) mass is 434 g/mol. The molecule has 1 aliphatic carbocycles. The fourth-order valence-electron chi connectivity index (χ4n) is 5.22. The molecule has 3 aliphatic rings. The zero-order chi connectivity index (χ0) is 20.2. The molecule has 2 N–H and O–H groups in total. The molecule has 30 heavy (non-hydrogen) atoms. The van der Waals surface area contributed by atoms with Gasteiger partial charge in [0, 0.05) is 56.9 Å². The summed E-state index contributed by atoms with van der Waals surface area (Å²) in [6.45, 7) is 7.77. The Morgan fingerprint density at radius 2 is 1.80 bits per heavy atom. The highest BCUT2D eigenvalue weighted by Crippen LogP contribution is 2.38. The van der Waals surface area contributed by atoms with Gasteiger partial charge in [-0.05, 0) is 37.8 Å². The maximum Gasteiger partial charge on any atom is 0.231 e. The first-order valence-electron chi connectivity index (χ1n) is 11.3. The Kier molecular flexibility index (Phi) is 8.14. The van der Waals surface area contributed by atoms with E-state index in [2.05, 4.69) is 28.5 Å². The van der Waals surface area contributed by atoms with Crippen LogP contribution in [0, 0.1) is 11.8 Å². The SMILES string of the molecule is CC1Cc2ccccc2N1C(=O)C1CCCCC1C(=O)NCCN1CCNCC1.Cl. The second-order valence-corrected chi connectivity index (χ2v) is 8.77. The van der Waals surface area contributed by atoms with Gasteiger partial charge in [-0.1, -0.05) is 31.0 Å². The van der Waals surface area contributed by atoms with E-state index >= 15 is 0 Å². The summed E-state index contributed by atoms with van der Waals surface area (Å²) in [5, 5.41) is 6.48. The van der Waals surface area contributed by atoms with Crippen LogP contribution in [0.15, 0.2) is 24.3 Å². The summed E-state index contributed by atoms with van der Waals surface area (Å²) in [5.74, 6) is -0.182. The fourth-order valence-corrected chi connectivity index (χ4v) is 5.22. The van der Waals surface area contributed by atoms with Gasteiger partial charge >= 0.3 is 0 Å². The summed E-state index contributed by atoms with van der Waals surface area (Å²) in [4.78, 5) is 30.9. The highest BCUT2D eigenvalue weighted by molar-refractivity contribution is 6.00. The molecule has 1 aromatic carbocycles. The lowest BCUT2D eigenvalue weighted by Gasteiger charge is -2.34. The maximum absolute atomic E-state index is 13.5. The van der Waals surface area contributed by atoms with E-state index in [1.165, 1.54) is 5.56 Å². The normalized spacial score (nSPS) is 26.6. The fraction of sp³-hybridized carbons (Fsp3) is 0.652. The molecule has 166 valence electrons. The minimum absolute atomic E-state index is 0. The topological polar surface area (TPSA) is 64.7 Å². The van der Waals surface area contributed by atoms with Crippen molar-refractivity contribution in [2.45, 2.75) is 45.1 Å². The van der Waals surface area contributed by atoms with Crippen LogP contribution < -0.4 is 15.5 Å². The van der Waals surface area contributed by atoms with Crippen molar-refractivity contribution in [2.75, 3.05) is 44.2 Å². The Morgan fingerprint density at radius 1 is 1.10 bits per heavy atom. The van der Waals surface area contributed by atoms with Crippen LogP contribution in [0.2, 0.25) is 0 Å². The first-order valence-corrected chi connectivity index (χ1v) is 11.3. The number of amides is 2. The van der Waals surface area contributed by atoms with E-state index in [1.54, 1.807) is 0 Å². The van der Waals surface area contributed by atoms with Crippen LogP contribution in [-0.4, -0.2) is 62.0 Å². The van der Waals surface area contributed by atoms with E-state index in [1.807, 2.05) is 23.1 Å². The predicted octanol–water partition coefficient (Wildman–Crippen LogP) is 2.21. The molecule has 2 amide bonds. The summed E-state index contributed by atoms with van der Waals surface area (Å²) in [7, 11) is 0. The van der Waals surface area contributed by atoms with E-state index in [0.29, 0.717) is 6.54 Å². The van der Waals surface area contributed by atoms with Crippen molar-refractivity contribution < 1.29 is 9.59 Å². The molecule has 1 saturated carbocycles. The third kappa shape index (κ3) is 4.98. The summed E-state index contributed by atoms with van der Waals surface area (Å²) in [6.07, 6.45) is 4.60. The molecular weight excluding hydrogens is 400 g/mol. The molecule has 4 rings (SSSR count). The van der Waals surface area contributed by atoms with Gasteiger partial charge in [0.25, 0.3) is 0 Å². The Labute approximate surface area is 186 Å². The van der Waals surface area contributed by atoms with E-state index in [4.69, 9.17) is 0 Å². The number of halogens is 1. The summed E-state index contributed by atoms with van der Waals surface area (Å²) in [5.41, 5.74) is 2.27. The Bertz CT molecular complexity index is 738. The largest absolute Gasteiger partial charge is 0.355 e. The highest BCUT2D eigenvalue weighted by atomic mass is 35.5. The minimum Gasteiger partial charge on any atom is -0.355 e. The zero-order valence-corrected chi connectivity index (χ0v) is 18.8. The summed E-state index contributed by atoms with van der Waals surface area (Å²) >= 11 is 0. The Balaban J connectivity index is 0.00000256. The number of carbonyl (C=O) groups is 2. The van der Waals surface area contributed by atoms with Crippen molar-refractivity contribution in [3.63, 3.8) is 0 Å². The van der Waals surface area contributed by atoms with Crippen molar-refractivity contribution in [2.24, 2.45) is 11.8 Å². The van der Waals surface area contributed by atoms with Crippen LogP contribution in [0.3, 0.4) is 0 Å². The van der Waals surface area contributed by atoms with Crippen LogP contribution in [0.4, 0.5) is 5.69 Å². The molecule has 2 heterocycles. The van der Waals surface area contributed by atoms with Crippen molar-refractivity contribution in [3.05, 3.63) is 29.8 Å². The molecule has 3 atom stereocenters. The van der Waals surface area contributed by atoms with Gasteiger partial charge in [0.2, 0.25) is 11.8 Å². The predicted molar refractivity (Wildman–Crippen MR) is 122 cm³/mol. The molecule has 2 aliphatic heterocycles. The Hall–Kier alpha value is -1.63. The van der Waals surface area contributed by atoms with Crippen LogP contribution in [0.25, 0.3) is 0 Å². The van der Waals surface area contributed by atoms with Gasteiger partial charge in [0.15, 0.2) is 0 Å². The first-order chi connectivity index (χ1) is 14.1. The maximum atomic E-state index is 13.5. The highest BCUT2D eigenvalue weighted by Gasteiger charge is 2.41. The first kappa shape index (κ1) is 23.0. The molecule has 6 nitrogen and oxygen atoms in total. The molecule has 1 aromatic rings. The van der Waals surface area contributed by atoms with E-state index in [-0.39, 0.29) is 42.1 Å². The number of hydrogen-bond donors (Lipinski definition) is 2. The average molecular weight is 435 g/mol. The summed E-state index contributed by atoms with van der Waals surface area (Å²) < 4.78 is 0.